The minimum absolute atomic E-state index is 0.929. The highest BCUT2D eigenvalue weighted by atomic mass is 14.7. The highest BCUT2D eigenvalue weighted by Crippen LogP contribution is 2.13. The van der Waals surface area contributed by atoms with Crippen molar-refractivity contribution in [3.8, 4) is 12.0 Å². The summed E-state index contributed by atoms with van der Waals surface area (Å²) in [7, 11) is 0. The molecule has 1 aromatic rings. The molecule has 1 aromatic carbocycles. The van der Waals surface area contributed by atoms with Gasteiger partial charge in [0.05, 0.1) is 5.71 Å². The van der Waals surface area contributed by atoms with Gasteiger partial charge < -0.3 is 0 Å². The zero-order valence-corrected chi connectivity index (χ0v) is 11.8. The third kappa shape index (κ3) is 4.75. The monoisotopic (exact) mass is 241 g/mol. The molecule has 0 heterocycles. The lowest BCUT2D eigenvalue weighted by molar-refractivity contribution is 0.835. The molecule has 0 unspecified atom stereocenters. The van der Waals surface area contributed by atoms with Crippen LogP contribution in [0.2, 0.25) is 0 Å². The number of hydrogen-bond acceptors (Lipinski definition) is 1. The van der Waals surface area contributed by atoms with Gasteiger partial charge in [-0.1, -0.05) is 50.5 Å². The number of rotatable bonds is 5. The van der Waals surface area contributed by atoms with Crippen molar-refractivity contribution in [2.75, 3.05) is 0 Å². The summed E-state index contributed by atoms with van der Waals surface area (Å²) in [5, 5.41) is 0. The molecule has 1 nitrogen and oxygen atoms in total. The Balaban J connectivity index is 2.92. The van der Waals surface area contributed by atoms with Crippen LogP contribution in [0.1, 0.15) is 57.1 Å². The van der Waals surface area contributed by atoms with E-state index in [-0.39, 0.29) is 0 Å². The highest BCUT2D eigenvalue weighted by Gasteiger charge is 2.05. The maximum Gasteiger partial charge on any atom is 0.0585 e. The topological polar surface area (TPSA) is 12.4 Å². The molecule has 0 fully saturated rings. The van der Waals surface area contributed by atoms with Crippen molar-refractivity contribution in [2.45, 2.75) is 52.9 Å². The fraction of sp³-hybridized carbons (Fsp3) is 0.471. The molecule has 1 heteroatoms. The molecular formula is C17H23N. The minimum Gasteiger partial charge on any atom is -0.202 e. The molecule has 0 radical (unpaired) electrons. The van der Waals surface area contributed by atoms with Gasteiger partial charge in [0.15, 0.2) is 0 Å². The Hall–Kier alpha value is -1.55. The summed E-state index contributed by atoms with van der Waals surface area (Å²) in [6.07, 6.45) is 5.40. The average Bonchev–Trinajstić information content (AvgIpc) is 2.39. The summed E-state index contributed by atoms with van der Waals surface area (Å²) in [5.41, 5.74) is 3.67. The number of benzene rings is 1. The molecule has 0 spiro atoms. The molecule has 0 N–H and O–H groups in total. The van der Waals surface area contributed by atoms with Gasteiger partial charge in [-0.25, -0.2) is 4.99 Å². The molecule has 0 saturated carbocycles. The summed E-state index contributed by atoms with van der Waals surface area (Å²) in [6, 6.07) is 11.4. The van der Waals surface area contributed by atoms with Crippen LogP contribution in [-0.4, -0.2) is 5.71 Å². The fourth-order valence-electron chi connectivity index (χ4n) is 1.78. The standard InChI is InChI=1S/C17H23N/c1-4-6-10-14-18-17(13-7-5-2)16-12-9-8-11-15(16)3/h8-9,11-12H,4-7,13H2,1-3H3. The van der Waals surface area contributed by atoms with Crippen LogP contribution in [-0.2, 0) is 0 Å². The number of hydrogen-bond donors (Lipinski definition) is 0. The number of aryl methyl sites for hydroxylation is 1. The lowest BCUT2D eigenvalue weighted by atomic mass is 10.0. The van der Waals surface area contributed by atoms with Gasteiger partial charge >= 0.3 is 0 Å². The van der Waals surface area contributed by atoms with Crippen LogP contribution < -0.4 is 0 Å². The molecule has 0 aliphatic carbocycles. The molecule has 0 aliphatic heterocycles. The fourth-order valence-corrected chi connectivity index (χ4v) is 1.78. The first-order chi connectivity index (χ1) is 8.79. The smallest absolute Gasteiger partial charge is 0.0585 e. The SMILES string of the molecule is CCCC#CN=C(CCCC)c1ccccc1C. The molecule has 0 amide bonds. The van der Waals surface area contributed by atoms with Gasteiger partial charge in [-0.3, -0.25) is 0 Å². The quantitative estimate of drug-likeness (QED) is 0.522. The minimum atomic E-state index is 0.929. The second-order valence-corrected chi connectivity index (χ2v) is 4.52. The second-order valence-electron chi connectivity index (χ2n) is 4.52. The van der Waals surface area contributed by atoms with Crippen molar-refractivity contribution >= 4 is 5.71 Å². The first-order valence-corrected chi connectivity index (χ1v) is 6.90. The molecule has 1 rings (SSSR count). The van der Waals surface area contributed by atoms with E-state index in [2.05, 4.69) is 62.0 Å². The van der Waals surface area contributed by atoms with Crippen LogP contribution in [0.4, 0.5) is 0 Å². The lowest BCUT2D eigenvalue weighted by Crippen LogP contribution is -2.02. The zero-order valence-electron chi connectivity index (χ0n) is 11.8. The Morgan fingerprint density at radius 2 is 1.94 bits per heavy atom. The number of aliphatic imine (C=N–C) groups is 1. The third-order valence-electron chi connectivity index (χ3n) is 2.87. The van der Waals surface area contributed by atoms with Gasteiger partial charge in [-0.2, -0.15) is 0 Å². The maximum atomic E-state index is 4.49. The Bertz CT molecular complexity index is 446. The third-order valence-corrected chi connectivity index (χ3v) is 2.87. The van der Waals surface area contributed by atoms with E-state index in [0.29, 0.717) is 0 Å². The Kier molecular flexibility index (Phi) is 6.87. The van der Waals surface area contributed by atoms with Gasteiger partial charge in [-0.05, 0) is 37.3 Å². The van der Waals surface area contributed by atoms with Gasteiger partial charge in [0.2, 0.25) is 0 Å². The first-order valence-electron chi connectivity index (χ1n) is 6.90. The predicted octanol–water partition coefficient (Wildman–Crippen LogP) is 4.74. The van der Waals surface area contributed by atoms with E-state index in [0.717, 1.165) is 25.0 Å². The van der Waals surface area contributed by atoms with Crippen LogP contribution in [0.3, 0.4) is 0 Å². The molecular weight excluding hydrogens is 218 g/mol. The van der Waals surface area contributed by atoms with E-state index >= 15 is 0 Å². The molecule has 0 bridgehead atoms. The largest absolute Gasteiger partial charge is 0.202 e. The molecule has 0 aliphatic rings. The zero-order chi connectivity index (χ0) is 13.2. The van der Waals surface area contributed by atoms with Crippen molar-refractivity contribution in [1.82, 2.24) is 0 Å². The van der Waals surface area contributed by atoms with E-state index < -0.39 is 0 Å². The lowest BCUT2D eigenvalue weighted by Gasteiger charge is -2.07. The Morgan fingerprint density at radius 1 is 1.17 bits per heavy atom. The summed E-state index contributed by atoms with van der Waals surface area (Å²) >= 11 is 0. The first kappa shape index (κ1) is 14.5. The predicted molar refractivity (Wildman–Crippen MR) is 79.9 cm³/mol. The van der Waals surface area contributed by atoms with Crippen LogP contribution >= 0.6 is 0 Å². The van der Waals surface area contributed by atoms with Crippen molar-refractivity contribution in [2.24, 2.45) is 4.99 Å². The van der Waals surface area contributed by atoms with Crippen LogP contribution in [0, 0.1) is 18.9 Å². The summed E-state index contributed by atoms with van der Waals surface area (Å²) in [5.74, 6) is 3.09. The van der Waals surface area contributed by atoms with Crippen LogP contribution in [0.15, 0.2) is 29.3 Å². The summed E-state index contributed by atoms with van der Waals surface area (Å²) in [6.45, 7) is 6.48. The van der Waals surface area contributed by atoms with Crippen LogP contribution in [0.5, 0.6) is 0 Å². The molecule has 0 atom stereocenters. The van der Waals surface area contributed by atoms with E-state index in [4.69, 9.17) is 0 Å². The van der Waals surface area contributed by atoms with E-state index in [9.17, 15) is 0 Å². The highest BCUT2D eigenvalue weighted by molar-refractivity contribution is 6.02. The van der Waals surface area contributed by atoms with Crippen molar-refractivity contribution in [3.05, 3.63) is 35.4 Å². The van der Waals surface area contributed by atoms with Crippen molar-refractivity contribution in [3.63, 3.8) is 0 Å². The Morgan fingerprint density at radius 3 is 2.61 bits per heavy atom. The maximum absolute atomic E-state index is 4.49. The van der Waals surface area contributed by atoms with Gasteiger partial charge in [0.25, 0.3) is 0 Å². The summed E-state index contributed by atoms with van der Waals surface area (Å²) in [4.78, 5) is 4.49. The Labute approximate surface area is 111 Å². The average molecular weight is 241 g/mol. The molecule has 96 valence electrons. The number of unbranched alkanes of at least 4 members (excludes halogenated alkanes) is 2. The van der Waals surface area contributed by atoms with Crippen LogP contribution in [0.25, 0.3) is 0 Å². The van der Waals surface area contributed by atoms with E-state index in [1.807, 2.05) is 0 Å². The van der Waals surface area contributed by atoms with Crippen molar-refractivity contribution in [1.29, 1.82) is 0 Å². The molecule has 0 saturated heterocycles. The van der Waals surface area contributed by atoms with Gasteiger partial charge in [0, 0.05) is 12.5 Å². The van der Waals surface area contributed by atoms with E-state index in [1.165, 1.54) is 24.0 Å². The summed E-state index contributed by atoms with van der Waals surface area (Å²) < 4.78 is 0. The van der Waals surface area contributed by atoms with Gasteiger partial charge in [-0.15, -0.1) is 0 Å². The number of nitrogens with zero attached hydrogens (tertiary/aromatic N) is 1. The molecule has 0 aromatic heterocycles. The molecule has 18 heavy (non-hydrogen) atoms. The van der Waals surface area contributed by atoms with E-state index in [1.54, 1.807) is 0 Å². The normalized spacial score (nSPS) is 10.9. The van der Waals surface area contributed by atoms with Crippen molar-refractivity contribution < 1.29 is 0 Å². The second kappa shape index (κ2) is 8.53. The van der Waals surface area contributed by atoms with Gasteiger partial charge in [0.1, 0.15) is 0 Å².